The molecule has 2 unspecified atom stereocenters. The predicted molar refractivity (Wildman–Crippen MR) is 75.5 cm³/mol. The van der Waals surface area contributed by atoms with Gasteiger partial charge in [0, 0.05) is 12.6 Å². The molecule has 1 aromatic heterocycles. The molecule has 0 amide bonds. The van der Waals surface area contributed by atoms with Crippen LogP contribution in [0.25, 0.3) is 0 Å². The molecule has 0 bridgehead atoms. The van der Waals surface area contributed by atoms with E-state index in [0.717, 1.165) is 19.4 Å². The van der Waals surface area contributed by atoms with Gasteiger partial charge < -0.3 is 10.5 Å². The van der Waals surface area contributed by atoms with Gasteiger partial charge in [0.25, 0.3) is 0 Å². The van der Waals surface area contributed by atoms with Crippen molar-refractivity contribution in [3.05, 3.63) is 22.4 Å². The first-order valence-corrected chi connectivity index (χ1v) is 7.27. The Morgan fingerprint density at radius 1 is 1.41 bits per heavy atom. The molecule has 1 heterocycles. The third-order valence-electron chi connectivity index (χ3n) is 2.94. The number of nitrogens with two attached hydrogens (primary N) is 1. The van der Waals surface area contributed by atoms with Crippen molar-refractivity contribution in [1.29, 1.82) is 0 Å². The molecular weight excluding hydrogens is 230 g/mol. The molecule has 0 fully saturated rings. The molecule has 2 nitrogen and oxygen atoms in total. The Morgan fingerprint density at radius 3 is 2.59 bits per heavy atom. The minimum atomic E-state index is 0.101. The molecule has 0 aromatic carbocycles. The van der Waals surface area contributed by atoms with Gasteiger partial charge in [0.2, 0.25) is 0 Å². The highest BCUT2D eigenvalue weighted by Crippen LogP contribution is 2.26. The van der Waals surface area contributed by atoms with E-state index >= 15 is 0 Å². The Morgan fingerprint density at radius 2 is 2.12 bits per heavy atom. The van der Waals surface area contributed by atoms with E-state index in [2.05, 4.69) is 37.6 Å². The zero-order valence-electron chi connectivity index (χ0n) is 11.4. The lowest BCUT2D eigenvalue weighted by atomic mass is 9.83. The van der Waals surface area contributed by atoms with Crippen molar-refractivity contribution in [3.63, 3.8) is 0 Å². The van der Waals surface area contributed by atoms with Crippen LogP contribution in [0.5, 0.6) is 0 Å². The normalized spacial score (nSPS) is 15.8. The largest absolute Gasteiger partial charge is 0.376 e. The van der Waals surface area contributed by atoms with Crippen molar-refractivity contribution in [2.45, 2.75) is 52.7 Å². The second-order valence-corrected chi connectivity index (χ2v) is 6.36. The minimum Gasteiger partial charge on any atom is -0.376 e. The van der Waals surface area contributed by atoms with Gasteiger partial charge in [-0.15, -0.1) is 0 Å². The number of hydrogen-bond donors (Lipinski definition) is 1. The van der Waals surface area contributed by atoms with Gasteiger partial charge in [-0.3, -0.25) is 0 Å². The highest BCUT2D eigenvalue weighted by atomic mass is 32.1. The lowest BCUT2D eigenvalue weighted by Crippen LogP contribution is -2.45. The first-order valence-electron chi connectivity index (χ1n) is 6.33. The highest BCUT2D eigenvalue weighted by molar-refractivity contribution is 7.07. The molecule has 0 saturated heterocycles. The quantitative estimate of drug-likeness (QED) is 0.845. The fourth-order valence-electron chi connectivity index (χ4n) is 2.11. The summed E-state index contributed by atoms with van der Waals surface area (Å²) in [4.78, 5) is 0. The van der Waals surface area contributed by atoms with E-state index in [1.807, 2.05) is 6.92 Å². The van der Waals surface area contributed by atoms with Crippen molar-refractivity contribution in [2.24, 2.45) is 11.1 Å². The van der Waals surface area contributed by atoms with Crippen molar-refractivity contribution in [2.75, 3.05) is 6.61 Å². The SMILES string of the molecule is CCOC(C(N)CCc1ccsc1)C(C)(C)C. The number of rotatable bonds is 6. The van der Waals surface area contributed by atoms with E-state index in [0.29, 0.717) is 0 Å². The molecule has 0 aliphatic rings. The molecule has 0 aliphatic heterocycles. The molecule has 98 valence electrons. The first kappa shape index (κ1) is 14.7. The van der Waals surface area contributed by atoms with Crippen LogP contribution < -0.4 is 5.73 Å². The van der Waals surface area contributed by atoms with Crippen LogP contribution in [0.2, 0.25) is 0 Å². The lowest BCUT2D eigenvalue weighted by molar-refractivity contribution is -0.0290. The third-order valence-corrected chi connectivity index (χ3v) is 3.67. The summed E-state index contributed by atoms with van der Waals surface area (Å²) in [5.74, 6) is 0. The van der Waals surface area contributed by atoms with Gasteiger partial charge in [0.15, 0.2) is 0 Å². The van der Waals surface area contributed by atoms with E-state index in [4.69, 9.17) is 10.5 Å². The van der Waals surface area contributed by atoms with E-state index in [1.54, 1.807) is 11.3 Å². The predicted octanol–water partition coefficient (Wildman–Crippen LogP) is 3.46. The van der Waals surface area contributed by atoms with Gasteiger partial charge in [0.1, 0.15) is 0 Å². The van der Waals surface area contributed by atoms with Crippen LogP contribution in [0.15, 0.2) is 16.8 Å². The molecule has 0 saturated carbocycles. The van der Waals surface area contributed by atoms with Crippen molar-refractivity contribution >= 4 is 11.3 Å². The Labute approximate surface area is 109 Å². The van der Waals surface area contributed by atoms with Gasteiger partial charge in [-0.05, 0) is 47.6 Å². The number of hydrogen-bond acceptors (Lipinski definition) is 3. The molecule has 0 radical (unpaired) electrons. The average molecular weight is 255 g/mol. The average Bonchev–Trinajstić information content (AvgIpc) is 2.73. The number of thiophene rings is 1. The maximum Gasteiger partial charge on any atom is 0.0773 e. The minimum absolute atomic E-state index is 0.101. The maximum atomic E-state index is 6.29. The van der Waals surface area contributed by atoms with Crippen molar-refractivity contribution in [1.82, 2.24) is 0 Å². The Bertz CT molecular complexity index is 303. The second kappa shape index (κ2) is 6.53. The number of aryl methyl sites for hydroxylation is 1. The molecule has 17 heavy (non-hydrogen) atoms. The van der Waals surface area contributed by atoms with Crippen LogP contribution in [-0.2, 0) is 11.2 Å². The summed E-state index contributed by atoms with van der Waals surface area (Å²) < 4.78 is 5.82. The summed E-state index contributed by atoms with van der Waals surface area (Å²) in [5.41, 5.74) is 7.77. The van der Waals surface area contributed by atoms with Gasteiger partial charge in [-0.1, -0.05) is 20.8 Å². The van der Waals surface area contributed by atoms with Crippen LogP contribution in [0.1, 0.15) is 39.7 Å². The Balaban J connectivity index is 2.50. The van der Waals surface area contributed by atoms with Gasteiger partial charge in [0.05, 0.1) is 6.10 Å². The van der Waals surface area contributed by atoms with E-state index in [-0.39, 0.29) is 17.6 Å². The van der Waals surface area contributed by atoms with Crippen molar-refractivity contribution in [3.8, 4) is 0 Å². The van der Waals surface area contributed by atoms with Gasteiger partial charge in [-0.2, -0.15) is 11.3 Å². The number of ether oxygens (including phenoxy) is 1. The summed E-state index contributed by atoms with van der Waals surface area (Å²) in [5, 5.41) is 4.31. The molecule has 1 aromatic rings. The maximum absolute atomic E-state index is 6.29. The Kier molecular flexibility index (Phi) is 5.63. The Hall–Kier alpha value is -0.380. The standard InChI is InChI=1S/C14H25NOS/c1-5-16-13(14(2,3)4)12(15)7-6-11-8-9-17-10-11/h8-10,12-13H,5-7,15H2,1-4H3. The topological polar surface area (TPSA) is 35.2 Å². The third kappa shape index (κ3) is 4.78. The summed E-state index contributed by atoms with van der Waals surface area (Å²) in [7, 11) is 0. The second-order valence-electron chi connectivity index (χ2n) is 5.58. The monoisotopic (exact) mass is 255 g/mol. The van der Waals surface area contributed by atoms with Crippen LogP contribution in [0.3, 0.4) is 0 Å². The summed E-state index contributed by atoms with van der Waals surface area (Å²) >= 11 is 1.74. The fraction of sp³-hybridized carbons (Fsp3) is 0.714. The molecular formula is C14H25NOS. The highest BCUT2D eigenvalue weighted by Gasteiger charge is 2.30. The zero-order chi connectivity index (χ0) is 12.9. The van der Waals surface area contributed by atoms with Crippen LogP contribution in [-0.4, -0.2) is 18.8 Å². The molecule has 1 rings (SSSR count). The fourth-order valence-corrected chi connectivity index (χ4v) is 2.82. The molecule has 0 spiro atoms. The van der Waals surface area contributed by atoms with Crippen LogP contribution >= 0.6 is 11.3 Å². The smallest absolute Gasteiger partial charge is 0.0773 e. The summed E-state index contributed by atoms with van der Waals surface area (Å²) in [6.07, 6.45) is 2.16. The summed E-state index contributed by atoms with van der Waals surface area (Å²) in [6, 6.07) is 2.28. The van der Waals surface area contributed by atoms with Gasteiger partial charge >= 0.3 is 0 Å². The lowest BCUT2D eigenvalue weighted by Gasteiger charge is -2.35. The van der Waals surface area contributed by atoms with E-state index in [1.165, 1.54) is 5.56 Å². The molecule has 2 N–H and O–H groups in total. The summed E-state index contributed by atoms with van der Waals surface area (Å²) in [6.45, 7) is 9.34. The van der Waals surface area contributed by atoms with Crippen LogP contribution in [0.4, 0.5) is 0 Å². The van der Waals surface area contributed by atoms with Gasteiger partial charge in [-0.25, -0.2) is 0 Å². The zero-order valence-corrected chi connectivity index (χ0v) is 12.2. The molecule has 2 atom stereocenters. The van der Waals surface area contributed by atoms with Crippen molar-refractivity contribution < 1.29 is 4.74 Å². The van der Waals surface area contributed by atoms with Crippen LogP contribution in [0, 0.1) is 5.41 Å². The first-order chi connectivity index (χ1) is 7.95. The van der Waals surface area contributed by atoms with E-state index < -0.39 is 0 Å². The molecule has 3 heteroatoms. The van der Waals surface area contributed by atoms with E-state index in [9.17, 15) is 0 Å². The molecule has 0 aliphatic carbocycles.